The normalized spacial score (nSPS) is 10.9. The van der Waals surface area contributed by atoms with Gasteiger partial charge in [0.05, 0.1) is 11.6 Å². The van der Waals surface area contributed by atoms with Crippen LogP contribution in [-0.2, 0) is 16.6 Å². The van der Waals surface area contributed by atoms with Gasteiger partial charge in [0.25, 0.3) is 5.88 Å². The van der Waals surface area contributed by atoms with Crippen LogP contribution in [0.5, 0.6) is 23.3 Å². The number of rotatable bonds is 9. The van der Waals surface area contributed by atoms with Crippen LogP contribution in [0.3, 0.4) is 0 Å². The SMILES string of the molecule is CCOC(=O)COc1ncccc1Oc1cc(-c2nn(C)c(OC(F)F)c2Cl)c(F)cc1Cl. The van der Waals surface area contributed by atoms with E-state index in [9.17, 15) is 18.0 Å². The van der Waals surface area contributed by atoms with Gasteiger partial charge in [0.2, 0.25) is 5.88 Å². The number of aryl methyl sites for hydroxylation is 1. The number of esters is 1. The van der Waals surface area contributed by atoms with Gasteiger partial charge in [0.1, 0.15) is 22.3 Å². The fourth-order valence-corrected chi connectivity index (χ4v) is 3.16. The van der Waals surface area contributed by atoms with Crippen LogP contribution in [0.4, 0.5) is 13.2 Å². The Morgan fingerprint density at radius 2 is 2.00 bits per heavy atom. The first-order valence-electron chi connectivity index (χ1n) is 9.29. The van der Waals surface area contributed by atoms with Gasteiger partial charge in [-0.1, -0.05) is 23.2 Å². The van der Waals surface area contributed by atoms with E-state index in [0.29, 0.717) is 0 Å². The van der Waals surface area contributed by atoms with Crippen LogP contribution in [0.15, 0.2) is 30.5 Å². The summed E-state index contributed by atoms with van der Waals surface area (Å²) in [6, 6.07) is 5.14. The van der Waals surface area contributed by atoms with Crippen LogP contribution in [0.2, 0.25) is 10.0 Å². The Balaban J connectivity index is 1.94. The second-order valence-electron chi connectivity index (χ2n) is 6.23. The molecule has 33 heavy (non-hydrogen) atoms. The van der Waals surface area contributed by atoms with E-state index in [-0.39, 0.29) is 45.3 Å². The summed E-state index contributed by atoms with van der Waals surface area (Å²) >= 11 is 12.2. The Morgan fingerprint density at radius 1 is 1.24 bits per heavy atom. The maximum atomic E-state index is 14.7. The van der Waals surface area contributed by atoms with Crippen molar-refractivity contribution < 1.29 is 36.9 Å². The minimum atomic E-state index is -3.15. The van der Waals surface area contributed by atoms with Gasteiger partial charge >= 0.3 is 12.6 Å². The lowest BCUT2D eigenvalue weighted by molar-refractivity contribution is -0.145. The molecular formula is C20H16Cl2F3N3O5. The van der Waals surface area contributed by atoms with E-state index < -0.39 is 30.9 Å². The Labute approximate surface area is 195 Å². The molecule has 0 amide bonds. The minimum absolute atomic E-state index is 0.0416. The molecule has 0 aliphatic rings. The summed E-state index contributed by atoms with van der Waals surface area (Å²) < 4.78 is 61.1. The highest BCUT2D eigenvalue weighted by molar-refractivity contribution is 6.34. The van der Waals surface area contributed by atoms with E-state index in [1.165, 1.54) is 31.4 Å². The molecule has 0 saturated heterocycles. The zero-order valence-electron chi connectivity index (χ0n) is 17.2. The van der Waals surface area contributed by atoms with Crippen molar-refractivity contribution in [3.05, 3.63) is 46.3 Å². The lowest BCUT2D eigenvalue weighted by Gasteiger charge is -2.13. The molecule has 3 aromatic rings. The molecule has 0 aliphatic carbocycles. The third kappa shape index (κ3) is 5.79. The van der Waals surface area contributed by atoms with Gasteiger partial charge in [-0.25, -0.2) is 18.9 Å². The second kappa shape index (κ2) is 10.6. The molecule has 0 fully saturated rings. The molecule has 0 atom stereocenters. The number of alkyl halides is 2. The summed E-state index contributed by atoms with van der Waals surface area (Å²) in [5, 5.41) is 3.51. The number of aromatic nitrogens is 3. The van der Waals surface area contributed by atoms with Crippen LogP contribution < -0.4 is 14.2 Å². The lowest BCUT2D eigenvalue weighted by Crippen LogP contribution is -2.15. The number of halogens is 5. The summed E-state index contributed by atoms with van der Waals surface area (Å²) in [7, 11) is 1.31. The van der Waals surface area contributed by atoms with Gasteiger partial charge in [0, 0.05) is 18.8 Å². The van der Waals surface area contributed by atoms with Crippen LogP contribution in [0.25, 0.3) is 11.3 Å². The quantitative estimate of drug-likeness (QED) is 0.366. The molecule has 3 rings (SSSR count). The lowest BCUT2D eigenvalue weighted by atomic mass is 10.1. The van der Waals surface area contributed by atoms with Crippen molar-refractivity contribution in [3.8, 4) is 34.5 Å². The minimum Gasteiger partial charge on any atom is -0.463 e. The molecule has 0 saturated carbocycles. The molecule has 8 nitrogen and oxygen atoms in total. The average Bonchev–Trinajstić information content (AvgIpc) is 3.03. The molecular weight excluding hydrogens is 490 g/mol. The predicted molar refractivity (Wildman–Crippen MR) is 112 cm³/mol. The summed E-state index contributed by atoms with van der Waals surface area (Å²) in [6.45, 7) is -1.74. The third-order valence-corrected chi connectivity index (χ3v) is 4.64. The molecule has 0 N–H and O–H groups in total. The number of hydrogen-bond donors (Lipinski definition) is 0. The van der Waals surface area contributed by atoms with Crippen molar-refractivity contribution in [2.24, 2.45) is 7.05 Å². The third-order valence-electron chi connectivity index (χ3n) is 4.01. The van der Waals surface area contributed by atoms with E-state index in [1.807, 2.05) is 0 Å². The Morgan fingerprint density at radius 3 is 2.70 bits per heavy atom. The summed E-state index contributed by atoms with van der Waals surface area (Å²) in [5.41, 5.74) is -0.351. The summed E-state index contributed by atoms with van der Waals surface area (Å²) in [4.78, 5) is 15.5. The van der Waals surface area contributed by atoms with Crippen molar-refractivity contribution in [1.29, 1.82) is 0 Å². The number of ether oxygens (including phenoxy) is 4. The van der Waals surface area contributed by atoms with Gasteiger partial charge in [-0.15, -0.1) is 0 Å². The van der Waals surface area contributed by atoms with Gasteiger partial charge in [-0.2, -0.15) is 13.9 Å². The Kier molecular flexibility index (Phi) is 7.88. The van der Waals surface area contributed by atoms with Crippen molar-refractivity contribution in [3.63, 3.8) is 0 Å². The summed E-state index contributed by atoms with van der Waals surface area (Å²) in [6.07, 6.45) is 1.41. The monoisotopic (exact) mass is 505 g/mol. The fourth-order valence-electron chi connectivity index (χ4n) is 2.67. The van der Waals surface area contributed by atoms with Crippen LogP contribution >= 0.6 is 23.2 Å². The van der Waals surface area contributed by atoms with Crippen molar-refractivity contribution in [2.45, 2.75) is 13.5 Å². The first-order chi connectivity index (χ1) is 15.7. The Bertz CT molecular complexity index is 1160. The van der Waals surface area contributed by atoms with Crippen LogP contribution in [0, 0.1) is 5.82 Å². The molecule has 2 heterocycles. The summed E-state index contributed by atoms with van der Waals surface area (Å²) in [5.74, 6) is -1.91. The van der Waals surface area contributed by atoms with Crippen LogP contribution in [-0.4, -0.2) is 40.6 Å². The smallest absolute Gasteiger partial charge is 0.388 e. The van der Waals surface area contributed by atoms with Crippen molar-refractivity contribution >= 4 is 29.2 Å². The van der Waals surface area contributed by atoms with E-state index in [0.717, 1.165) is 10.7 Å². The second-order valence-corrected chi connectivity index (χ2v) is 7.02. The van der Waals surface area contributed by atoms with Gasteiger partial charge < -0.3 is 18.9 Å². The molecule has 0 aliphatic heterocycles. The molecule has 2 aromatic heterocycles. The number of carbonyl (C=O) groups is 1. The zero-order valence-corrected chi connectivity index (χ0v) is 18.7. The highest BCUT2D eigenvalue weighted by atomic mass is 35.5. The maximum absolute atomic E-state index is 14.7. The van der Waals surface area contributed by atoms with E-state index in [2.05, 4.69) is 14.8 Å². The number of nitrogens with zero attached hydrogens (tertiary/aromatic N) is 3. The first-order valence-corrected chi connectivity index (χ1v) is 10.0. The molecule has 0 bridgehead atoms. The first kappa shape index (κ1) is 24.5. The van der Waals surface area contributed by atoms with Gasteiger partial charge in [-0.3, -0.25) is 0 Å². The van der Waals surface area contributed by atoms with Gasteiger partial charge in [-0.05, 0) is 31.2 Å². The predicted octanol–water partition coefficient (Wildman–Crippen LogP) is 5.26. The molecule has 176 valence electrons. The van der Waals surface area contributed by atoms with Crippen molar-refractivity contribution in [1.82, 2.24) is 14.8 Å². The Hall–Kier alpha value is -3.18. The number of carbonyl (C=O) groups excluding carboxylic acids is 1. The number of hydrogen-bond acceptors (Lipinski definition) is 7. The zero-order chi connectivity index (χ0) is 24.1. The molecule has 1 aromatic carbocycles. The molecule has 0 spiro atoms. The van der Waals surface area contributed by atoms with Gasteiger partial charge in [0.15, 0.2) is 12.4 Å². The van der Waals surface area contributed by atoms with Crippen LogP contribution in [0.1, 0.15) is 6.92 Å². The standard InChI is InChI=1S/C20H16Cl2F3N3O5/c1-3-30-15(29)9-31-18-13(5-4-6-26-18)32-14-7-10(12(23)8-11(14)21)17-16(22)19(28(2)27-17)33-20(24)25/h4-8,20H,3,9H2,1-2H3. The average molecular weight is 506 g/mol. The number of benzene rings is 1. The molecule has 13 heteroatoms. The maximum Gasteiger partial charge on any atom is 0.388 e. The fraction of sp³-hybridized carbons (Fsp3) is 0.250. The largest absolute Gasteiger partial charge is 0.463 e. The highest BCUT2D eigenvalue weighted by Gasteiger charge is 2.24. The van der Waals surface area contributed by atoms with E-state index in [1.54, 1.807) is 6.92 Å². The topological polar surface area (TPSA) is 84.7 Å². The highest BCUT2D eigenvalue weighted by Crippen LogP contribution is 2.41. The van der Waals surface area contributed by atoms with Crippen molar-refractivity contribution in [2.75, 3.05) is 13.2 Å². The van der Waals surface area contributed by atoms with E-state index >= 15 is 0 Å². The molecule has 0 unspecified atom stereocenters. The molecule has 0 radical (unpaired) electrons. The van der Waals surface area contributed by atoms with E-state index in [4.69, 9.17) is 37.4 Å². The number of pyridine rings is 1.